The molecule has 0 saturated carbocycles. The Labute approximate surface area is 210 Å². The minimum Gasteiger partial charge on any atom is -0.390 e. The van der Waals surface area contributed by atoms with Crippen LogP contribution in [0.5, 0.6) is 0 Å². The fraction of sp³-hybridized carbons (Fsp3) is 0.310. The van der Waals surface area contributed by atoms with Crippen LogP contribution >= 0.6 is 0 Å². The Morgan fingerprint density at radius 1 is 0.917 bits per heavy atom. The second kappa shape index (κ2) is 10.2. The van der Waals surface area contributed by atoms with Gasteiger partial charge in [-0.05, 0) is 16.7 Å². The summed E-state index contributed by atoms with van der Waals surface area (Å²) >= 11 is 0. The molecule has 3 aromatic carbocycles. The van der Waals surface area contributed by atoms with E-state index in [1.54, 1.807) is 6.92 Å². The summed E-state index contributed by atoms with van der Waals surface area (Å²) in [6, 6.07) is 29.5. The molecule has 2 fully saturated rings. The highest BCUT2D eigenvalue weighted by Gasteiger charge is 2.44. The average molecular weight is 487 g/mol. The standard InChI is InChI=1S/C29H30N2O5/c1-20-18-31(28(34)30-27(20)33)26-17-24(32)25(36-26)19-35-29(21-11-5-2-6-12-21,22-13-7-3-8-14-22)23-15-9-4-10-16-23/h2-16,20,24-26,32H,17-19H2,1H3,(H,30,33,34)/t20?,24-,25+,26+/m0/s1. The number of nitrogens with one attached hydrogen (secondary N) is 1. The third kappa shape index (κ3) is 4.53. The van der Waals surface area contributed by atoms with Gasteiger partial charge in [0.1, 0.15) is 17.9 Å². The molecule has 0 aliphatic carbocycles. The van der Waals surface area contributed by atoms with Gasteiger partial charge in [-0.1, -0.05) is 97.9 Å². The predicted octanol–water partition coefficient (Wildman–Crippen LogP) is 3.66. The predicted molar refractivity (Wildman–Crippen MR) is 134 cm³/mol. The largest absolute Gasteiger partial charge is 0.390 e. The normalized spacial score (nSPS) is 24.6. The highest BCUT2D eigenvalue weighted by atomic mass is 16.6. The van der Waals surface area contributed by atoms with Crippen molar-refractivity contribution in [1.29, 1.82) is 0 Å². The number of benzene rings is 3. The number of ether oxygens (including phenoxy) is 2. The van der Waals surface area contributed by atoms with Gasteiger partial charge in [-0.25, -0.2) is 4.79 Å². The van der Waals surface area contributed by atoms with E-state index in [1.807, 2.05) is 91.0 Å². The fourth-order valence-electron chi connectivity index (χ4n) is 5.04. The number of imide groups is 1. The van der Waals surface area contributed by atoms with Crippen molar-refractivity contribution in [3.8, 4) is 0 Å². The van der Waals surface area contributed by atoms with Gasteiger partial charge in [0.05, 0.1) is 18.6 Å². The first-order valence-electron chi connectivity index (χ1n) is 12.2. The zero-order chi connectivity index (χ0) is 25.1. The quantitative estimate of drug-likeness (QED) is 0.498. The van der Waals surface area contributed by atoms with E-state index in [2.05, 4.69) is 5.32 Å². The van der Waals surface area contributed by atoms with Crippen LogP contribution in [-0.2, 0) is 19.9 Å². The van der Waals surface area contributed by atoms with Crippen molar-refractivity contribution in [3.05, 3.63) is 108 Å². The average Bonchev–Trinajstić information content (AvgIpc) is 3.28. The lowest BCUT2D eigenvalue weighted by Gasteiger charge is -2.37. The van der Waals surface area contributed by atoms with Crippen molar-refractivity contribution in [3.63, 3.8) is 0 Å². The second-order valence-corrected chi connectivity index (χ2v) is 9.37. The van der Waals surface area contributed by atoms with Gasteiger partial charge in [-0.3, -0.25) is 15.0 Å². The molecule has 1 unspecified atom stereocenters. The Morgan fingerprint density at radius 2 is 1.42 bits per heavy atom. The molecule has 2 N–H and O–H groups in total. The number of carbonyl (C=O) groups is 2. The molecule has 2 heterocycles. The monoisotopic (exact) mass is 486 g/mol. The summed E-state index contributed by atoms with van der Waals surface area (Å²) in [5, 5.41) is 13.2. The van der Waals surface area contributed by atoms with Gasteiger partial charge in [-0.15, -0.1) is 0 Å². The second-order valence-electron chi connectivity index (χ2n) is 9.37. The van der Waals surface area contributed by atoms with Gasteiger partial charge in [-0.2, -0.15) is 0 Å². The number of rotatable bonds is 7. The van der Waals surface area contributed by atoms with E-state index in [-0.39, 0.29) is 31.4 Å². The molecule has 3 aromatic rings. The smallest absolute Gasteiger partial charge is 0.326 e. The Kier molecular flexibility index (Phi) is 6.87. The van der Waals surface area contributed by atoms with E-state index in [1.165, 1.54) is 4.90 Å². The first-order chi connectivity index (χ1) is 17.5. The van der Waals surface area contributed by atoms with Gasteiger partial charge in [0, 0.05) is 13.0 Å². The van der Waals surface area contributed by atoms with Gasteiger partial charge >= 0.3 is 6.03 Å². The molecule has 2 aliphatic rings. The molecule has 5 rings (SSSR count). The van der Waals surface area contributed by atoms with Crippen LogP contribution < -0.4 is 5.32 Å². The van der Waals surface area contributed by atoms with Crippen LogP contribution in [0.25, 0.3) is 0 Å². The van der Waals surface area contributed by atoms with Crippen molar-refractivity contribution in [2.45, 2.75) is 37.4 Å². The molecule has 36 heavy (non-hydrogen) atoms. The summed E-state index contributed by atoms with van der Waals surface area (Å²) in [5.41, 5.74) is 1.92. The zero-order valence-electron chi connectivity index (χ0n) is 20.1. The summed E-state index contributed by atoms with van der Waals surface area (Å²) in [4.78, 5) is 25.7. The van der Waals surface area contributed by atoms with Crippen LogP contribution in [0.1, 0.15) is 30.0 Å². The fourth-order valence-corrected chi connectivity index (χ4v) is 5.04. The molecule has 3 amide bonds. The van der Waals surface area contributed by atoms with Crippen LogP contribution in [0.3, 0.4) is 0 Å². The van der Waals surface area contributed by atoms with Gasteiger partial charge < -0.3 is 14.6 Å². The number of aliphatic hydroxyl groups excluding tert-OH is 1. The van der Waals surface area contributed by atoms with E-state index >= 15 is 0 Å². The zero-order valence-corrected chi connectivity index (χ0v) is 20.1. The van der Waals surface area contributed by atoms with Crippen molar-refractivity contribution >= 4 is 11.9 Å². The number of urea groups is 1. The highest BCUT2D eigenvalue weighted by Crippen LogP contribution is 2.41. The molecule has 0 bridgehead atoms. The topological polar surface area (TPSA) is 88.1 Å². The molecule has 0 radical (unpaired) electrons. The number of hydrogen-bond donors (Lipinski definition) is 2. The maximum atomic E-state index is 12.4. The van der Waals surface area contributed by atoms with E-state index in [9.17, 15) is 14.7 Å². The molecule has 7 nitrogen and oxygen atoms in total. The molecule has 7 heteroatoms. The van der Waals surface area contributed by atoms with Gasteiger partial charge in [0.15, 0.2) is 0 Å². The van der Waals surface area contributed by atoms with Crippen molar-refractivity contribution in [1.82, 2.24) is 10.2 Å². The molecule has 2 aliphatic heterocycles. The molecule has 0 spiro atoms. The van der Waals surface area contributed by atoms with Crippen LogP contribution in [-0.4, -0.2) is 53.5 Å². The lowest BCUT2D eigenvalue weighted by atomic mass is 9.80. The number of hydrogen-bond acceptors (Lipinski definition) is 5. The minimum absolute atomic E-state index is 0.0975. The molecular weight excluding hydrogens is 456 g/mol. The van der Waals surface area contributed by atoms with E-state index in [0.29, 0.717) is 0 Å². The summed E-state index contributed by atoms with van der Waals surface area (Å²) < 4.78 is 12.9. The lowest BCUT2D eigenvalue weighted by Crippen LogP contribution is -2.57. The van der Waals surface area contributed by atoms with Crippen molar-refractivity contribution in [2.75, 3.05) is 13.2 Å². The van der Waals surface area contributed by atoms with Gasteiger partial charge in [0.25, 0.3) is 0 Å². The number of nitrogens with zero attached hydrogens (tertiary/aromatic N) is 1. The van der Waals surface area contributed by atoms with E-state index in [0.717, 1.165) is 16.7 Å². The van der Waals surface area contributed by atoms with E-state index < -0.39 is 30.1 Å². The Balaban J connectivity index is 1.44. The number of amides is 3. The molecule has 0 aromatic heterocycles. The SMILES string of the molecule is CC1CN([C@H]2C[C@H](O)[C@@H](COC(c3ccccc3)(c3ccccc3)c3ccccc3)O2)C(=O)NC1=O. The summed E-state index contributed by atoms with van der Waals surface area (Å²) in [6.07, 6.45) is -1.86. The Bertz CT molecular complexity index is 1090. The number of aliphatic hydroxyl groups is 1. The summed E-state index contributed by atoms with van der Waals surface area (Å²) in [7, 11) is 0. The first-order valence-corrected chi connectivity index (χ1v) is 12.2. The van der Waals surface area contributed by atoms with E-state index in [4.69, 9.17) is 9.47 Å². The molecule has 2 saturated heterocycles. The highest BCUT2D eigenvalue weighted by molar-refractivity contribution is 5.97. The molecule has 186 valence electrons. The first kappa shape index (κ1) is 24.2. The van der Waals surface area contributed by atoms with Crippen molar-refractivity contribution in [2.24, 2.45) is 5.92 Å². The minimum atomic E-state index is -0.936. The van der Waals surface area contributed by atoms with Crippen LogP contribution in [0.2, 0.25) is 0 Å². The maximum absolute atomic E-state index is 12.4. The van der Waals surface area contributed by atoms with Crippen molar-refractivity contribution < 1.29 is 24.2 Å². The maximum Gasteiger partial charge on any atom is 0.326 e. The Hall–Kier alpha value is -3.52. The van der Waals surface area contributed by atoms with Crippen LogP contribution in [0.4, 0.5) is 4.79 Å². The van der Waals surface area contributed by atoms with Crippen LogP contribution in [0, 0.1) is 5.92 Å². The third-order valence-corrected chi connectivity index (χ3v) is 6.97. The molecular formula is C29H30N2O5. The Morgan fingerprint density at radius 3 is 1.92 bits per heavy atom. The third-order valence-electron chi connectivity index (χ3n) is 6.97. The van der Waals surface area contributed by atoms with Gasteiger partial charge in [0.2, 0.25) is 5.91 Å². The lowest BCUT2D eigenvalue weighted by molar-refractivity contribution is -0.130. The summed E-state index contributed by atoms with van der Waals surface area (Å²) in [5.74, 6) is -0.645. The summed E-state index contributed by atoms with van der Waals surface area (Å²) in [6.45, 7) is 2.10. The number of carbonyl (C=O) groups excluding carboxylic acids is 2. The van der Waals surface area contributed by atoms with Crippen LogP contribution in [0.15, 0.2) is 91.0 Å². The molecule has 4 atom stereocenters.